The number of benzene rings is 1. The second-order valence-electron chi connectivity index (χ2n) is 2.43. The Hall–Kier alpha value is -0.270. The molecule has 0 spiro atoms. The second-order valence-corrected chi connectivity index (χ2v) is 4.20. The summed E-state index contributed by atoms with van der Waals surface area (Å²) in [5.74, 6) is 0. The normalized spacial score (nSPS) is 12.1. The first-order chi connectivity index (χ1) is 5.72. The Labute approximate surface area is 90.5 Å². The fourth-order valence-electron chi connectivity index (χ4n) is 0.873. The highest BCUT2D eigenvalue weighted by atomic mass is 127. The van der Waals surface area contributed by atoms with E-state index in [-0.39, 0.29) is 0 Å². The third kappa shape index (κ3) is 3.00. The van der Waals surface area contributed by atoms with E-state index < -0.39 is 5.38 Å². The number of halogens is 2. The minimum Gasteiger partial charge on any atom is -0.197 e. The molecule has 0 saturated heterocycles. The lowest BCUT2D eigenvalue weighted by Crippen LogP contribution is -1.98. The van der Waals surface area contributed by atoms with Crippen molar-refractivity contribution in [2.45, 2.75) is 11.8 Å². The Morgan fingerprint density at radius 3 is 2.50 bits per heavy atom. The summed E-state index contributed by atoms with van der Waals surface area (Å²) in [5, 5.41) is 8.06. The highest BCUT2D eigenvalue weighted by Crippen LogP contribution is 2.10. The SMILES string of the molecule is N#CC(Cl)Cc1ccc(I)cc1. The maximum Gasteiger partial charge on any atom is 0.124 e. The maximum atomic E-state index is 8.47. The molecular weight excluding hydrogens is 284 g/mol. The van der Waals surface area contributed by atoms with Gasteiger partial charge in [-0.15, -0.1) is 11.6 Å². The van der Waals surface area contributed by atoms with Crippen LogP contribution in [-0.4, -0.2) is 5.38 Å². The van der Waals surface area contributed by atoms with Crippen molar-refractivity contribution in [2.24, 2.45) is 0 Å². The third-order valence-corrected chi connectivity index (χ3v) is 2.44. The fraction of sp³-hybridized carbons (Fsp3) is 0.222. The first-order valence-corrected chi connectivity index (χ1v) is 5.02. The van der Waals surface area contributed by atoms with Gasteiger partial charge >= 0.3 is 0 Å². The summed E-state index contributed by atoms with van der Waals surface area (Å²) < 4.78 is 1.19. The molecule has 1 aromatic carbocycles. The Morgan fingerprint density at radius 2 is 2.00 bits per heavy atom. The first-order valence-electron chi connectivity index (χ1n) is 3.50. The van der Waals surface area contributed by atoms with Gasteiger partial charge in [-0.2, -0.15) is 5.26 Å². The molecule has 0 aliphatic carbocycles. The van der Waals surface area contributed by atoms with Crippen LogP contribution >= 0.6 is 34.2 Å². The second kappa shape index (κ2) is 4.68. The monoisotopic (exact) mass is 291 g/mol. The topological polar surface area (TPSA) is 23.8 Å². The molecule has 0 aliphatic rings. The van der Waals surface area contributed by atoms with E-state index in [1.54, 1.807) is 0 Å². The lowest BCUT2D eigenvalue weighted by Gasteiger charge is -2.00. The summed E-state index contributed by atoms with van der Waals surface area (Å²) in [7, 11) is 0. The molecule has 0 aliphatic heterocycles. The number of hydrogen-bond acceptors (Lipinski definition) is 1. The highest BCUT2D eigenvalue weighted by molar-refractivity contribution is 14.1. The Morgan fingerprint density at radius 1 is 1.42 bits per heavy atom. The predicted molar refractivity (Wildman–Crippen MR) is 58.1 cm³/mol. The zero-order valence-corrected chi connectivity index (χ0v) is 9.21. The van der Waals surface area contributed by atoms with E-state index >= 15 is 0 Å². The van der Waals surface area contributed by atoms with Crippen LogP contribution in [0, 0.1) is 14.9 Å². The van der Waals surface area contributed by atoms with Gasteiger partial charge in [0.05, 0.1) is 6.07 Å². The molecule has 3 heteroatoms. The standard InChI is InChI=1S/C9H7ClIN/c10-8(6-12)5-7-1-3-9(11)4-2-7/h1-4,8H,5H2. The zero-order chi connectivity index (χ0) is 8.97. The lowest BCUT2D eigenvalue weighted by atomic mass is 10.1. The van der Waals surface area contributed by atoms with Crippen molar-refractivity contribution < 1.29 is 0 Å². The van der Waals surface area contributed by atoms with Crippen LogP contribution in [0.2, 0.25) is 0 Å². The smallest absolute Gasteiger partial charge is 0.124 e. The van der Waals surface area contributed by atoms with Crippen LogP contribution in [-0.2, 0) is 6.42 Å². The average Bonchev–Trinajstić information content (AvgIpc) is 2.09. The molecular formula is C9H7ClIN. The van der Waals surface area contributed by atoms with Crippen molar-refractivity contribution in [3.63, 3.8) is 0 Å². The van der Waals surface area contributed by atoms with Crippen molar-refractivity contribution in [3.8, 4) is 6.07 Å². The molecule has 0 radical (unpaired) electrons. The van der Waals surface area contributed by atoms with Crippen LogP contribution < -0.4 is 0 Å². The van der Waals surface area contributed by atoms with Crippen LogP contribution in [0.25, 0.3) is 0 Å². The number of nitriles is 1. The van der Waals surface area contributed by atoms with Crippen molar-refractivity contribution in [1.82, 2.24) is 0 Å². The number of rotatable bonds is 2. The van der Waals surface area contributed by atoms with Gasteiger partial charge in [-0.1, -0.05) is 12.1 Å². The largest absolute Gasteiger partial charge is 0.197 e. The van der Waals surface area contributed by atoms with Gasteiger partial charge in [0.1, 0.15) is 5.38 Å². The Bertz CT molecular complexity index is 288. The summed E-state index contributed by atoms with van der Waals surface area (Å²) >= 11 is 7.92. The van der Waals surface area contributed by atoms with Gasteiger partial charge in [-0.3, -0.25) is 0 Å². The molecule has 0 saturated carbocycles. The molecule has 1 rings (SSSR count). The number of alkyl halides is 1. The average molecular weight is 292 g/mol. The van der Waals surface area contributed by atoms with Crippen LogP contribution in [0.4, 0.5) is 0 Å². The van der Waals surface area contributed by atoms with Crippen molar-refractivity contribution in [3.05, 3.63) is 33.4 Å². The van der Waals surface area contributed by atoms with Crippen LogP contribution in [0.3, 0.4) is 0 Å². The van der Waals surface area contributed by atoms with E-state index in [0.29, 0.717) is 6.42 Å². The van der Waals surface area contributed by atoms with Crippen LogP contribution in [0.5, 0.6) is 0 Å². The minimum absolute atomic E-state index is 0.412. The predicted octanol–water partition coefficient (Wildman–Crippen LogP) is 2.96. The van der Waals surface area contributed by atoms with Crippen LogP contribution in [0.15, 0.2) is 24.3 Å². The van der Waals surface area contributed by atoms with E-state index in [2.05, 4.69) is 22.6 Å². The van der Waals surface area contributed by atoms with Gasteiger partial charge in [0.2, 0.25) is 0 Å². The van der Waals surface area contributed by atoms with Crippen molar-refractivity contribution in [1.29, 1.82) is 5.26 Å². The van der Waals surface area contributed by atoms with E-state index in [1.807, 2.05) is 30.3 Å². The van der Waals surface area contributed by atoms with E-state index in [4.69, 9.17) is 16.9 Å². The van der Waals surface area contributed by atoms with E-state index in [9.17, 15) is 0 Å². The molecule has 0 heterocycles. The summed E-state index contributed by atoms with van der Waals surface area (Å²) in [6.45, 7) is 0. The molecule has 1 atom stereocenters. The summed E-state index contributed by atoms with van der Waals surface area (Å²) in [5.41, 5.74) is 1.11. The minimum atomic E-state index is -0.412. The lowest BCUT2D eigenvalue weighted by molar-refractivity contribution is 1.02. The van der Waals surface area contributed by atoms with E-state index in [0.717, 1.165) is 5.56 Å². The first kappa shape index (κ1) is 9.82. The van der Waals surface area contributed by atoms with Gasteiger partial charge in [0.15, 0.2) is 0 Å². The molecule has 62 valence electrons. The number of nitrogens with zero attached hydrogens (tertiary/aromatic N) is 1. The van der Waals surface area contributed by atoms with Gasteiger partial charge in [0.25, 0.3) is 0 Å². The van der Waals surface area contributed by atoms with Crippen molar-refractivity contribution >= 4 is 34.2 Å². The van der Waals surface area contributed by atoms with Crippen molar-refractivity contribution in [2.75, 3.05) is 0 Å². The Balaban J connectivity index is 2.66. The quantitative estimate of drug-likeness (QED) is 0.607. The maximum absolute atomic E-state index is 8.47. The molecule has 0 fully saturated rings. The molecule has 0 bridgehead atoms. The molecule has 1 nitrogen and oxygen atoms in total. The zero-order valence-electron chi connectivity index (χ0n) is 6.30. The van der Waals surface area contributed by atoms with E-state index in [1.165, 1.54) is 3.57 Å². The molecule has 1 unspecified atom stereocenters. The van der Waals surface area contributed by atoms with Gasteiger partial charge in [-0.25, -0.2) is 0 Å². The third-order valence-electron chi connectivity index (χ3n) is 1.47. The summed E-state index contributed by atoms with van der Waals surface area (Å²) in [4.78, 5) is 0. The van der Waals surface area contributed by atoms with Gasteiger partial charge in [-0.05, 0) is 40.3 Å². The Kier molecular flexibility index (Phi) is 3.83. The summed E-state index contributed by atoms with van der Waals surface area (Å²) in [6.07, 6.45) is 0.620. The highest BCUT2D eigenvalue weighted by Gasteiger charge is 2.02. The summed E-state index contributed by atoms with van der Waals surface area (Å²) in [6, 6.07) is 10.0. The molecule has 0 amide bonds. The molecule has 0 aromatic heterocycles. The molecule has 12 heavy (non-hydrogen) atoms. The fourth-order valence-corrected chi connectivity index (χ4v) is 1.41. The van der Waals surface area contributed by atoms with Crippen LogP contribution in [0.1, 0.15) is 5.56 Å². The van der Waals surface area contributed by atoms with Gasteiger partial charge < -0.3 is 0 Å². The number of hydrogen-bond donors (Lipinski definition) is 0. The molecule has 0 N–H and O–H groups in total. The molecule has 1 aromatic rings. The van der Waals surface area contributed by atoms with Gasteiger partial charge in [0, 0.05) is 9.99 Å².